The second-order valence-electron chi connectivity index (χ2n) is 9.58. The van der Waals surface area contributed by atoms with E-state index < -0.39 is 0 Å². The summed E-state index contributed by atoms with van der Waals surface area (Å²) >= 11 is 3.36. The fourth-order valence-corrected chi connectivity index (χ4v) is 6.54. The van der Waals surface area contributed by atoms with E-state index in [1.54, 1.807) is 22.7 Å². The van der Waals surface area contributed by atoms with Gasteiger partial charge in [0.1, 0.15) is 21.4 Å². The molecule has 0 spiro atoms. The highest BCUT2D eigenvalue weighted by molar-refractivity contribution is 7.22. The van der Waals surface area contributed by atoms with Crippen molar-refractivity contribution in [3.05, 3.63) is 108 Å². The molecule has 0 amide bonds. The molecule has 3 aromatic heterocycles. The molecule has 0 saturated carbocycles. The molecule has 3 heterocycles. The predicted octanol–water partition coefficient (Wildman–Crippen LogP) is 9.67. The van der Waals surface area contributed by atoms with Crippen LogP contribution in [0.4, 0.5) is 22.7 Å². The molecule has 0 aliphatic carbocycles. The molecule has 0 aliphatic heterocycles. The van der Waals surface area contributed by atoms with E-state index in [4.69, 9.17) is 9.97 Å². The maximum atomic E-state index is 5.01. The van der Waals surface area contributed by atoms with Gasteiger partial charge in [-0.15, -0.1) is 22.7 Å². The minimum absolute atomic E-state index is 0.921. The van der Waals surface area contributed by atoms with Crippen LogP contribution in [0.3, 0.4) is 0 Å². The Morgan fingerprint density at radius 2 is 0.949 bits per heavy atom. The molecular weight excluding hydrogens is 519 g/mol. The molecule has 7 rings (SSSR count). The van der Waals surface area contributed by atoms with Crippen LogP contribution in [0.5, 0.6) is 0 Å². The van der Waals surface area contributed by atoms with Crippen molar-refractivity contribution >= 4 is 65.9 Å². The maximum absolute atomic E-state index is 5.01. The lowest BCUT2D eigenvalue weighted by atomic mass is 10.2. The lowest BCUT2D eigenvalue weighted by molar-refractivity contribution is 1.34. The van der Waals surface area contributed by atoms with Crippen LogP contribution in [0.15, 0.2) is 97.1 Å². The van der Waals surface area contributed by atoms with Crippen LogP contribution < -0.4 is 10.6 Å². The highest BCUT2D eigenvalue weighted by Crippen LogP contribution is 2.47. The minimum Gasteiger partial charge on any atom is -0.352 e. The number of aromatic nitrogens is 3. The Labute approximate surface area is 234 Å². The molecule has 0 fully saturated rings. The lowest BCUT2D eigenvalue weighted by Crippen LogP contribution is -1.97. The molecule has 7 heteroatoms. The molecular formula is C32H25N5S2. The predicted molar refractivity (Wildman–Crippen MR) is 167 cm³/mol. The van der Waals surface area contributed by atoms with Gasteiger partial charge in [-0.25, -0.2) is 9.97 Å². The molecule has 5 nitrogen and oxygen atoms in total. The molecule has 0 unspecified atom stereocenters. The van der Waals surface area contributed by atoms with Gasteiger partial charge in [0.2, 0.25) is 0 Å². The molecule has 0 saturated heterocycles. The first-order chi connectivity index (χ1) is 19.1. The first kappa shape index (κ1) is 23.6. The lowest BCUT2D eigenvalue weighted by Gasteiger charge is -2.13. The van der Waals surface area contributed by atoms with Crippen molar-refractivity contribution in [1.29, 1.82) is 0 Å². The van der Waals surface area contributed by atoms with E-state index in [9.17, 15) is 0 Å². The molecule has 7 aromatic rings. The largest absolute Gasteiger partial charge is 0.352 e. The number of nitrogens with zero attached hydrogens (tertiary/aromatic N) is 2. The van der Waals surface area contributed by atoms with Gasteiger partial charge in [0, 0.05) is 11.4 Å². The molecule has 39 heavy (non-hydrogen) atoms. The normalized spacial score (nSPS) is 11.3. The van der Waals surface area contributed by atoms with Crippen LogP contribution in [-0.4, -0.2) is 15.0 Å². The van der Waals surface area contributed by atoms with E-state index in [0.717, 1.165) is 64.6 Å². The van der Waals surface area contributed by atoms with E-state index in [1.807, 2.05) is 12.1 Å². The number of aryl methyl sites for hydroxylation is 2. The van der Waals surface area contributed by atoms with Crippen LogP contribution >= 0.6 is 22.7 Å². The topological polar surface area (TPSA) is 65.6 Å². The average molecular weight is 544 g/mol. The number of H-pyrrole nitrogens is 1. The Hall–Kier alpha value is -4.46. The monoisotopic (exact) mass is 543 g/mol. The quantitative estimate of drug-likeness (QED) is 0.195. The molecule has 4 aromatic carbocycles. The summed E-state index contributed by atoms with van der Waals surface area (Å²) in [6.07, 6.45) is 0. The molecule has 0 bridgehead atoms. The first-order valence-corrected chi connectivity index (χ1v) is 14.4. The van der Waals surface area contributed by atoms with Gasteiger partial charge < -0.3 is 15.6 Å². The number of para-hydroxylation sites is 2. The number of hydrogen-bond donors (Lipinski definition) is 3. The molecule has 3 N–H and O–H groups in total. The first-order valence-electron chi connectivity index (χ1n) is 12.8. The zero-order chi connectivity index (χ0) is 26.3. The third kappa shape index (κ3) is 4.56. The number of thiazole rings is 2. The molecule has 190 valence electrons. The summed E-state index contributed by atoms with van der Waals surface area (Å²) < 4.78 is 2.30. The third-order valence-electron chi connectivity index (χ3n) is 6.66. The second kappa shape index (κ2) is 9.69. The van der Waals surface area contributed by atoms with E-state index in [0.29, 0.717) is 0 Å². The van der Waals surface area contributed by atoms with Gasteiger partial charge in [0.05, 0.1) is 31.8 Å². The van der Waals surface area contributed by atoms with Gasteiger partial charge in [-0.1, -0.05) is 59.7 Å². The summed E-state index contributed by atoms with van der Waals surface area (Å²) in [6.45, 7) is 4.20. The third-order valence-corrected chi connectivity index (χ3v) is 8.77. The van der Waals surface area contributed by atoms with Gasteiger partial charge in [0.25, 0.3) is 0 Å². The Morgan fingerprint density at radius 1 is 0.538 bits per heavy atom. The number of anilines is 4. The van der Waals surface area contributed by atoms with Crippen molar-refractivity contribution in [3.8, 4) is 21.4 Å². The van der Waals surface area contributed by atoms with E-state index in [-0.39, 0.29) is 0 Å². The van der Waals surface area contributed by atoms with Gasteiger partial charge in [-0.3, -0.25) is 0 Å². The van der Waals surface area contributed by atoms with Crippen molar-refractivity contribution in [2.45, 2.75) is 13.8 Å². The summed E-state index contributed by atoms with van der Waals surface area (Å²) in [6, 6.07) is 33.4. The van der Waals surface area contributed by atoms with Crippen molar-refractivity contribution in [3.63, 3.8) is 0 Å². The van der Waals surface area contributed by atoms with E-state index >= 15 is 0 Å². The number of benzene rings is 4. The number of nitrogens with one attached hydrogen (secondary N) is 3. The van der Waals surface area contributed by atoms with Crippen LogP contribution in [0, 0.1) is 13.8 Å². The van der Waals surface area contributed by atoms with Crippen molar-refractivity contribution in [2.75, 3.05) is 10.6 Å². The Bertz CT molecular complexity index is 1720. The SMILES string of the molecule is Cc1ccc(Nc2c(-c3nc4ccccc4s3)[nH]c(-c3nc4ccccc4s3)c2Nc2ccc(C)cc2)cc1. The van der Waals surface area contributed by atoms with Crippen molar-refractivity contribution in [2.24, 2.45) is 0 Å². The summed E-state index contributed by atoms with van der Waals surface area (Å²) in [5.74, 6) is 0. The Balaban J connectivity index is 1.47. The maximum Gasteiger partial charge on any atom is 0.143 e. The fraction of sp³-hybridized carbons (Fsp3) is 0.0625. The van der Waals surface area contributed by atoms with Gasteiger partial charge >= 0.3 is 0 Å². The molecule has 0 aliphatic rings. The highest BCUT2D eigenvalue weighted by atomic mass is 32.1. The smallest absolute Gasteiger partial charge is 0.143 e. The second-order valence-corrected chi connectivity index (χ2v) is 11.6. The van der Waals surface area contributed by atoms with Gasteiger partial charge in [0.15, 0.2) is 0 Å². The zero-order valence-electron chi connectivity index (χ0n) is 21.4. The summed E-state index contributed by atoms with van der Waals surface area (Å²) in [4.78, 5) is 13.8. The van der Waals surface area contributed by atoms with Crippen LogP contribution in [0.2, 0.25) is 0 Å². The fourth-order valence-electron chi connectivity index (χ4n) is 4.59. The average Bonchev–Trinajstić information content (AvgIpc) is 3.66. The Morgan fingerprint density at radius 3 is 1.36 bits per heavy atom. The van der Waals surface area contributed by atoms with Gasteiger partial charge in [-0.2, -0.15) is 0 Å². The number of aromatic amines is 1. The van der Waals surface area contributed by atoms with Crippen molar-refractivity contribution < 1.29 is 0 Å². The number of rotatable bonds is 6. The number of fused-ring (bicyclic) bond motifs is 2. The van der Waals surface area contributed by atoms with E-state index in [2.05, 4.69) is 114 Å². The summed E-state index contributed by atoms with van der Waals surface area (Å²) in [7, 11) is 0. The van der Waals surface area contributed by atoms with Crippen LogP contribution in [0.25, 0.3) is 41.8 Å². The zero-order valence-corrected chi connectivity index (χ0v) is 23.1. The number of hydrogen-bond acceptors (Lipinski definition) is 6. The molecule has 0 radical (unpaired) electrons. The summed E-state index contributed by atoms with van der Waals surface area (Å²) in [5, 5.41) is 9.28. The summed E-state index contributed by atoms with van der Waals surface area (Å²) in [5.41, 5.74) is 10.2. The molecule has 0 atom stereocenters. The standard InChI is InChI=1S/C32H25N5S2/c1-19-11-15-21(16-12-19)33-27-28(34-22-17-13-20(2)14-18-22)30(32-36-24-8-4-6-10-26(24)39-32)37-29(27)31-35-23-7-3-5-9-25(23)38-31/h3-18,33-34,37H,1-2H3. The van der Waals surface area contributed by atoms with Crippen LogP contribution in [-0.2, 0) is 0 Å². The van der Waals surface area contributed by atoms with Crippen molar-refractivity contribution in [1.82, 2.24) is 15.0 Å². The highest BCUT2D eigenvalue weighted by Gasteiger charge is 2.25. The Kier molecular flexibility index (Phi) is 5.87. The van der Waals surface area contributed by atoms with Crippen LogP contribution in [0.1, 0.15) is 11.1 Å². The minimum atomic E-state index is 0.921. The van der Waals surface area contributed by atoms with Gasteiger partial charge in [-0.05, 0) is 62.4 Å². The van der Waals surface area contributed by atoms with E-state index in [1.165, 1.54) is 11.1 Å².